The van der Waals surface area contributed by atoms with Crippen molar-refractivity contribution in [3.8, 4) is 0 Å². The molecule has 22 heavy (non-hydrogen) atoms. The Labute approximate surface area is 144 Å². The van der Waals surface area contributed by atoms with E-state index in [0.29, 0.717) is 5.92 Å². The fraction of sp³-hybridized carbons (Fsp3) is 0.350. The average molecular weight is 331 g/mol. The van der Waals surface area contributed by atoms with Crippen molar-refractivity contribution in [3.05, 3.63) is 70.3 Å². The van der Waals surface area contributed by atoms with E-state index in [1.54, 1.807) is 6.08 Å². The summed E-state index contributed by atoms with van der Waals surface area (Å²) in [4.78, 5) is 1.05. The first-order chi connectivity index (χ1) is 10.6. The van der Waals surface area contributed by atoms with Crippen molar-refractivity contribution in [2.24, 2.45) is 0 Å². The minimum Gasteiger partial charge on any atom is -0.0991 e. The molecule has 0 bridgehead atoms. The lowest BCUT2D eigenvalue weighted by Crippen LogP contribution is -2.14. The lowest BCUT2D eigenvalue weighted by Gasteiger charge is -2.25. The van der Waals surface area contributed by atoms with Gasteiger partial charge in [-0.3, -0.25) is 0 Å². The number of halogens is 1. The van der Waals surface area contributed by atoms with E-state index in [4.69, 9.17) is 23.8 Å². The summed E-state index contributed by atoms with van der Waals surface area (Å²) >= 11 is 11.9. The second-order valence-corrected chi connectivity index (χ2v) is 6.76. The standard InChI is InChI=1S/C20H23ClS/c1-4-6-8-15-9-10-17(13-20(15)22)18-11-14(3)19(21)12-16(18)7-5-2/h4,6,8-9,11-12,17H,1,5,7,10,13H2,2-3H3/b8-6-. The Morgan fingerprint density at radius 3 is 2.82 bits per heavy atom. The smallest absolute Gasteiger partial charge is 0.0438 e. The summed E-state index contributed by atoms with van der Waals surface area (Å²) in [5.74, 6) is 0.478. The van der Waals surface area contributed by atoms with Crippen LogP contribution in [0.25, 0.3) is 0 Å². The van der Waals surface area contributed by atoms with Gasteiger partial charge in [-0.1, -0.05) is 74.1 Å². The molecule has 116 valence electrons. The van der Waals surface area contributed by atoms with Gasteiger partial charge >= 0.3 is 0 Å². The first kappa shape index (κ1) is 17.2. The number of allylic oxidation sites excluding steroid dienone is 5. The topological polar surface area (TPSA) is 0 Å². The molecule has 0 nitrogen and oxygen atoms in total. The summed E-state index contributed by atoms with van der Waals surface area (Å²) in [5, 5.41) is 0.871. The van der Waals surface area contributed by atoms with Gasteiger partial charge in [-0.2, -0.15) is 0 Å². The fourth-order valence-electron chi connectivity index (χ4n) is 2.99. The van der Waals surface area contributed by atoms with Gasteiger partial charge in [0.25, 0.3) is 0 Å². The van der Waals surface area contributed by atoms with Crippen molar-refractivity contribution in [3.63, 3.8) is 0 Å². The van der Waals surface area contributed by atoms with E-state index >= 15 is 0 Å². The molecule has 1 unspecified atom stereocenters. The van der Waals surface area contributed by atoms with E-state index in [1.807, 2.05) is 6.08 Å². The van der Waals surface area contributed by atoms with Crippen molar-refractivity contribution < 1.29 is 0 Å². The molecule has 2 rings (SSSR count). The van der Waals surface area contributed by atoms with Crippen LogP contribution in [0.15, 0.2) is 48.6 Å². The van der Waals surface area contributed by atoms with Crippen LogP contribution < -0.4 is 0 Å². The van der Waals surface area contributed by atoms with Gasteiger partial charge in [0.15, 0.2) is 0 Å². The van der Waals surface area contributed by atoms with Crippen molar-refractivity contribution in [2.75, 3.05) is 0 Å². The molecule has 0 fully saturated rings. The van der Waals surface area contributed by atoms with Crippen LogP contribution in [0.1, 0.15) is 48.8 Å². The van der Waals surface area contributed by atoms with E-state index in [0.717, 1.165) is 41.1 Å². The lowest BCUT2D eigenvalue weighted by atomic mass is 9.81. The van der Waals surface area contributed by atoms with E-state index in [9.17, 15) is 0 Å². The van der Waals surface area contributed by atoms with Gasteiger partial charge in [0.05, 0.1) is 0 Å². The minimum absolute atomic E-state index is 0.478. The maximum atomic E-state index is 6.31. The Morgan fingerprint density at radius 2 is 2.18 bits per heavy atom. The molecule has 0 saturated heterocycles. The molecule has 2 heteroatoms. The Bertz CT molecular complexity index is 637. The first-order valence-electron chi connectivity index (χ1n) is 7.88. The van der Waals surface area contributed by atoms with Gasteiger partial charge in [-0.05, 0) is 60.4 Å². The Kier molecular flexibility index (Phi) is 6.16. The Hall–Kier alpha value is -1.18. The highest BCUT2D eigenvalue weighted by Crippen LogP contribution is 2.36. The van der Waals surface area contributed by atoms with Crippen LogP contribution in [0.3, 0.4) is 0 Å². The van der Waals surface area contributed by atoms with Gasteiger partial charge in [0.2, 0.25) is 0 Å². The second kappa shape index (κ2) is 7.89. The molecule has 0 aliphatic heterocycles. The molecule has 0 N–H and O–H groups in total. The zero-order valence-electron chi connectivity index (χ0n) is 13.4. The number of hydrogen-bond acceptors (Lipinski definition) is 1. The lowest BCUT2D eigenvalue weighted by molar-refractivity contribution is 0.707. The van der Waals surface area contributed by atoms with Crippen LogP contribution in [0.4, 0.5) is 0 Å². The van der Waals surface area contributed by atoms with Crippen molar-refractivity contribution >= 4 is 28.7 Å². The van der Waals surface area contributed by atoms with E-state index in [-0.39, 0.29) is 0 Å². The van der Waals surface area contributed by atoms with E-state index in [1.165, 1.54) is 16.7 Å². The summed E-state index contributed by atoms with van der Waals surface area (Å²) in [6, 6.07) is 4.41. The molecule has 0 spiro atoms. The van der Waals surface area contributed by atoms with Crippen LogP contribution in [0.2, 0.25) is 5.02 Å². The summed E-state index contributed by atoms with van der Waals surface area (Å²) in [7, 11) is 0. The van der Waals surface area contributed by atoms with Crippen LogP contribution in [0, 0.1) is 6.92 Å². The highest BCUT2D eigenvalue weighted by atomic mass is 35.5. The molecular formula is C20H23ClS. The van der Waals surface area contributed by atoms with Crippen LogP contribution in [0.5, 0.6) is 0 Å². The molecule has 1 aliphatic rings. The molecule has 0 saturated carbocycles. The predicted molar refractivity (Wildman–Crippen MR) is 102 cm³/mol. The van der Waals surface area contributed by atoms with E-state index in [2.05, 4.69) is 44.7 Å². The van der Waals surface area contributed by atoms with Gasteiger partial charge in [0.1, 0.15) is 0 Å². The van der Waals surface area contributed by atoms with Gasteiger partial charge in [0, 0.05) is 9.89 Å². The summed E-state index contributed by atoms with van der Waals surface area (Å²) < 4.78 is 0. The Morgan fingerprint density at radius 1 is 1.41 bits per heavy atom. The third-order valence-electron chi connectivity index (χ3n) is 4.17. The number of rotatable bonds is 5. The molecule has 1 aromatic rings. The van der Waals surface area contributed by atoms with Crippen molar-refractivity contribution in [2.45, 2.75) is 45.4 Å². The fourth-order valence-corrected chi connectivity index (χ4v) is 3.53. The molecule has 0 amide bonds. The predicted octanol–water partition coefficient (Wildman–Crippen LogP) is 6.52. The van der Waals surface area contributed by atoms with Crippen LogP contribution in [-0.2, 0) is 6.42 Å². The molecule has 0 heterocycles. The summed E-state index contributed by atoms with van der Waals surface area (Å²) in [5.41, 5.74) is 5.14. The van der Waals surface area contributed by atoms with Crippen LogP contribution >= 0.6 is 23.8 Å². The maximum absolute atomic E-state index is 6.31. The number of hydrogen-bond donors (Lipinski definition) is 0. The Balaban J connectivity index is 2.32. The third kappa shape index (κ3) is 3.97. The van der Waals surface area contributed by atoms with E-state index < -0.39 is 0 Å². The summed E-state index contributed by atoms with van der Waals surface area (Å²) in [6.07, 6.45) is 12.3. The molecule has 0 radical (unpaired) electrons. The van der Waals surface area contributed by atoms with Gasteiger partial charge in [-0.15, -0.1) is 0 Å². The zero-order chi connectivity index (χ0) is 16.1. The number of aryl methyl sites for hydroxylation is 2. The van der Waals surface area contributed by atoms with Crippen LogP contribution in [-0.4, -0.2) is 4.86 Å². The van der Waals surface area contributed by atoms with Gasteiger partial charge < -0.3 is 0 Å². The quantitative estimate of drug-likeness (QED) is 0.437. The van der Waals surface area contributed by atoms with Crippen molar-refractivity contribution in [1.82, 2.24) is 0 Å². The maximum Gasteiger partial charge on any atom is 0.0438 e. The molecule has 1 atom stereocenters. The highest BCUT2D eigenvalue weighted by molar-refractivity contribution is 7.80. The first-order valence-corrected chi connectivity index (χ1v) is 8.66. The molecule has 1 aromatic carbocycles. The normalized spacial score (nSPS) is 18.6. The number of thiocarbonyl (C=S) groups is 1. The SMILES string of the molecule is C=C/C=C\C1=CCC(c2cc(C)c(Cl)cc2CCC)CC1=S. The zero-order valence-corrected chi connectivity index (χ0v) is 14.9. The van der Waals surface area contributed by atoms with Gasteiger partial charge in [-0.25, -0.2) is 0 Å². The molecule has 1 aliphatic carbocycles. The number of benzene rings is 1. The molecule has 0 aromatic heterocycles. The average Bonchev–Trinajstić information content (AvgIpc) is 2.50. The monoisotopic (exact) mass is 330 g/mol. The minimum atomic E-state index is 0.478. The van der Waals surface area contributed by atoms with Crippen molar-refractivity contribution in [1.29, 1.82) is 0 Å². The largest absolute Gasteiger partial charge is 0.0991 e. The molecular weight excluding hydrogens is 308 g/mol. The second-order valence-electron chi connectivity index (χ2n) is 5.86. The third-order valence-corrected chi connectivity index (χ3v) is 4.98. The summed E-state index contributed by atoms with van der Waals surface area (Å²) in [6.45, 7) is 8.00. The highest BCUT2D eigenvalue weighted by Gasteiger charge is 2.22.